The number of allylic oxidation sites excluding steroid dienone is 1. The molecule has 51 heavy (non-hydrogen) atoms. The highest BCUT2D eigenvalue weighted by molar-refractivity contribution is 5.93. The molecule has 11 nitrogen and oxygen atoms in total. The Morgan fingerprint density at radius 1 is 0.824 bits per heavy atom. The van der Waals surface area contributed by atoms with Crippen molar-refractivity contribution in [2.45, 2.75) is 58.3 Å². The molecule has 2 aromatic rings. The smallest absolute Gasteiger partial charge is 0.343 e. The van der Waals surface area contributed by atoms with Gasteiger partial charge in [0.05, 0.1) is 38.4 Å². The third-order valence-electron chi connectivity index (χ3n) is 8.53. The van der Waals surface area contributed by atoms with Gasteiger partial charge >= 0.3 is 23.9 Å². The lowest BCUT2D eigenvalue weighted by atomic mass is 9.84. The summed E-state index contributed by atoms with van der Waals surface area (Å²) in [6.07, 6.45) is 11.7. The van der Waals surface area contributed by atoms with E-state index in [4.69, 9.17) is 23.7 Å². The highest BCUT2D eigenvalue weighted by atomic mass is 16.6. The van der Waals surface area contributed by atoms with Crippen molar-refractivity contribution in [1.29, 1.82) is 0 Å². The Balaban J connectivity index is 1.31. The van der Waals surface area contributed by atoms with Gasteiger partial charge in [0, 0.05) is 18.1 Å². The largest absolute Gasteiger partial charge is 0.494 e. The monoisotopic (exact) mass is 704 g/mol. The van der Waals surface area contributed by atoms with Crippen molar-refractivity contribution in [3.63, 3.8) is 0 Å². The average molecular weight is 705 g/mol. The van der Waals surface area contributed by atoms with Crippen LogP contribution in [0.1, 0.15) is 74.2 Å². The third-order valence-corrected chi connectivity index (χ3v) is 8.53. The number of ether oxygens (including phenoxy) is 6. The molecular weight excluding hydrogens is 656 g/mol. The van der Waals surface area contributed by atoms with Gasteiger partial charge < -0.3 is 28.4 Å². The Labute approximate surface area is 299 Å². The molecule has 11 heteroatoms. The maximum atomic E-state index is 13.0. The second kappa shape index (κ2) is 20.5. The van der Waals surface area contributed by atoms with Gasteiger partial charge in [0.25, 0.3) is 0 Å². The van der Waals surface area contributed by atoms with E-state index in [-0.39, 0.29) is 36.6 Å². The van der Waals surface area contributed by atoms with Gasteiger partial charge in [-0.1, -0.05) is 44.9 Å². The zero-order valence-corrected chi connectivity index (χ0v) is 29.7. The number of hydrogen-bond acceptors (Lipinski definition) is 11. The summed E-state index contributed by atoms with van der Waals surface area (Å²) in [6.45, 7) is 9.31. The molecule has 274 valence electrons. The molecule has 0 aliphatic heterocycles. The first-order valence-corrected chi connectivity index (χ1v) is 17.0. The fraction of sp³-hybridized carbons (Fsp3) is 0.425. The van der Waals surface area contributed by atoms with E-state index in [1.807, 2.05) is 0 Å². The molecule has 0 radical (unpaired) electrons. The van der Waals surface area contributed by atoms with Crippen LogP contribution >= 0.6 is 0 Å². The first-order valence-electron chi connectivity index (χ1n) is 17.0. The van der Waals surface area contributed by atoms with E-state index in [1.165, 1.54) is 26.4 Å². The van der Waals surface area contributed by atoms with Gasteiger partial charge in [-0.15, -0.1) is 0 Å². The van der Waals surface area contributed by atoms with Crippen LogP contribution in [0.3, 0.4) is 0 Å². The summed E-state index contributed by atoms with van der Waals surface area (Å²) < 4.78 is 32.1. The zero-order chi connectivity index (χ0) is 37.2. The minimum atomic E-state index is -1.04. The number of methoxy groups -OCH3 is 2. The van der Waals surface area contributed by atoms with Gasteiger partial charge in [0.2, 0.25) is 0 Å². The predicted octanol–water partition coefficient (Wildman–Crippen LogP) is 6.88. The van der Waals surface area contributed by atoms with Crippen molar-refractivity contribution in [3.05, 3.63) is 85.0 Å². The van der Waals surface area contributed by atoms with Crippen LogP contribution < -0.4 is 14.2 Å². The van der Waals surface area contributed by atoms with Crippen LogP contribution in [0.5, 0.6) is 17.2 Å². The van der Waals surface area contributed by atoms with Crippen LogP contribution in [0.2, 0.25) is 0 Å². The number of carbonyl (C=O) groups excluding carboxylic acids is 5. The SMILES string of the molecule is C=CC(=O)OCC(C)(CC1CC1C(=O)C=C)C(=O)OCCCCCCCCOc1ccc(C(=O)Oc2ccc(/C=C/C(=O)OC)cc2OC)cc1. The average Bonchev–Trinajstić information content (AvgIpc) is 3.92. The molecule has 1 aliphatic rings. The zero-order valence-electron chi connectivity index (χ0n) is 29.7. The number of benzene rings is 2. The van der Waals surface area contributed by atoms with E-state index in [0.717, 1.165) is 38.2 Å². The molecule has 0 spiro atoms. The molecule has 3 unspecified atom stereocenters. The standard InChI is InChI=1S/C40H48O11/c1-6-33(41)32-25-30(32)26-40(3,27-50-36(42)7-2)39(45)49-23-13-11-9-8-10-12-22-48-31-18-16-29(17-19-31)38(44)51-34-20-14-28(24-35(34)46-4)15-21-37(43)47-5/h6-7,14-21,24,30,32H,1-2,8-13,22-23,25-27H2,3-5H3/b21-15+. The van der Waals surface area contributed by atoms with Crippen LogP contribution in [0.25, 0.3) is 6.08 Å². The predicted molar refractivity (Wildman–Crippen MR) is 190 cm³/mol. The van der Waals surface area contributed by atoms with Gasteiger partial charge in [-0.05, 0) is 92.6 Å². The molecule has 3 atom stereocenters. The van der Waals surface area contributed by atoms with Crippen LogP contribution in [0, 0.1) is 17.3 Å². The Hall–Kier alpha value is -5.19. The highest BCUT2D eigenvalue weighted by Gasteiger charge is 2.49. The fourth-order valence-corrected chi connectivity index (χ4v) is 5.43. The minimum absolute atomic E-state index is 0.0325. The molecule has 1 saturated carbocycles. The number of unbranched alkanes of at least 4 members (excludes halogenated alkanes) is 5. The van der Waals surface area contributed by atoms with Crippen molar-refractivity contribution < 1.29 is 52.4 Å². The topological polar surface area (TPSA) is 141 Å². The maximum Gasteiger partial charge on any atom is 0.343 e. The van der Waals surface area contributed by atoms with Gasteiger partial charge in [-0.25, -0.2) is 14.4 Å². The van der Waals surface area contributed by atoms with Gasteiger partial charge in [-0.2, -0.15) is 0 Å². The van der Waals surface area contributed by atoms with Crippen LogP contribution in [-0.4, -0.2) is 63.7 Å². The second-order valence-electron chi connectivity index (χ2n) is 12.6. The van der Waals surface area contributed by atoms with E-state index in [0.29, 0.717) is 48.5 Å². The highest BCUT2D eigenvalue weighted by Crippen LogP contribution is 2.47. The van der Waals surface area contributed by atoms with Crippen LogP contribution in [-0.2, 0) is 33.4 Å². The summed E-state index contributed by atoms with van der Waals surface area (Å²) in [5.74, 6) is -0.998. The Morgan fingerprint density at radius 3 is 2.16 bits per heavy atom. The normalized spacial score (nSPS) is 15.9. The summed E-state index contributed by atoms with van der Waals surface area (Å²) in [4.78, 5) is 60.7. The molecule has 0 heterocycles. The van der Waals surface area contributed by atoms with Gasteiger partial charge in [0.15, 0.2) is 17.3 Å². The summed E-state index contributed by atoms with van der Waals surface area (Å²) in [5, 5.41) is 0. The van der Waals surface area contributed by atoms with Crippen molar-refractivity contribution in [1.82, 2.24) is 0 Å². The lowest BCUT2D eigenvalue weighted by molar-refractivity contribution is -0.162. The van der Waals surface area contributed by atoms with Crippen LogP contribution in [0.4, 0.5) is 0 Å². The Bertz CT molecular complexity index is 1560. The van der Waals surface area contributed by atoms with Crippen LogP contribution in [0.15, 0.2) is 73.9 Å². The van der Waals surface area contributed by atoms with Gasteiger partial charge in [0.1, 0.15) is 12.4 Å². The fourth-order valence-electron chi connectivity index (χ4n) is 5.43. The molecule has 0 amide bonds. The Kier molecular flexibility index (Phi) is 16.2. The number of carbonyl (C=O) groups is 5. The molecule has 0 saturated heterocycles. The first-order chi connectivity index (χ1) is 24.5. The quantitative estimate of drug-likeness (QED) is 0.0393. The first kappa shape index (κ1) is 40.2. The van der Waals surface area contributed by atoms with Crippen molar-refractivity contribution in [2.24, 2.45) is 17.3 Å². The number of hydrogen-bond donors (Lipinski definition) is 0. The molecule has 1 aliphatic carbocycles. The van der Waals surface area contributed by atoms with Crippen molar-refractivity contribution >= 4 is 35.7 Å². The van der Waals surface area contributed by atoms with E-state index >= 15 is 0 Å². The third kappa shape index (κ3) is 13.2. The minimum Gasteiger partial charge on any atom is -0.494 e. The number of esters is 4. The van der Waals surface area contributed by atoms with Crippen molar-refractivity contribution in [3.8, 4) is 17.2 Å². The Morgan fingerprint density at radius 2 is 1.51 bits per heavy atom. The van der Waals surface area contributed by atoms with Gasteiger partial charge in [-0.3, -0.25) is 9.59 Å². The maximum absolute atomic E-state index is 13.0. The molecule has 0 N–H and O–H groups in total. The number of rotatable bonds is 23. The summed E-state index contributed by atoms with van der Waals surface area (Å²) >= 11 is 0. The van der Waals surface area contributed by atoms with E-state index < -0.39 is 29.3 Å². The summed E-state index contributed by atoms with van der Waals surface area (Å²) in [6, 6.07) is 11.6. The molecular formula is C40H48O11. The van der Waals surface area contributed by atoms with Crippen molar-refractivity contribution in [2.75, 3.05) is 34.0 Å². The molecule has 3 rings (SSSR count). The molecule has 0 aromatic heterocycles. The molecule has 2 aromatic carbocycles. The second-order valence-corrected chi connectivity index (χ2v) is 12.6. The summed E-state index contributed by atoms with van der Waals surface area (Å²) in [7, 11) is 2.75. The van der Waals surface area contributed by atoms with E-state index in [2.05, 4.69) is 17.9 Å². The lowest BCUT2D eigenvalue weighted by Crippen LogP contribution is -2.36. The van der Waals surface area contributed by atoms with E-state index in [9.17, 15) is 24.0 Å². The summed E-state index contributed by atoms with van der Waals surface area (Å²) in [5.41, 5.74) is -0.0223. The molecule has 0 bridgehead atoms. The number of ketones is 1. The lowest BCUT2D eigenvalue weighted by Gasteiger charge is -2.27. The van der Waals surface area contributed by atoms with E-state index in [1.54, 1.807) is 55.5 Å². The molecule has 1 fully saturated rings.